The highest BCUT2D eigenvalue weighted by Crippen LogP contribution is 2.40. The molecule has 0 aromatic rings. The van der Waals surface area contributed by atoms with Crippen molar-refractivity contribution in [2.24, 2.45) is 5.41 Å². The van der Waals surface area contributed by atoms with Crippen LogP contribution in [0.15, 0.2) is 0 Å². The van der Waals surface area contributed by atoms with Crippen LogP contribution in [-0.4, -0.2) is 51.5 Å². The monoisotopic (exact) mass is 312 g/mol. The van der Waals surface area contributed by atoms with E-state index in [-0.39, 0.29) is 11.3 Å². The highest BCUT2D eigenvalue weighted by molar-refractivity contribution is 5.85. The molecule has 1 heterocycles. The molecule has 128 valence electrons. The maximum Gasteiger partial charge on any atom is 0.252 e. The van der Waals surface area contributed by atoms with Gasteiger partial charge in [-0.1, -0.05) is 12.8 Å². The summed E-state index contributed by atoms with van der Waals surface area (Å²) in [5.74, 6) is 0.0687. The van der Waals surface area contributed by atoms with Gasteiger partial charge in [0.25, 0.3) is 5.91 Å². The van der Waals surface area contributed by atoms with Crippen LogP contribution in [0.2, 0.25) is 0 Å². The number of carbonyl (C=O) groups excluding carboxylic acids is 1. The maximum atomic E-state index is 12.7. The van der Waals surface area contributed by atoms with Gasteiger partial charge in [0, 0.05) is 26.9 Å². The number of hydrogen-bond acceptors (Lipinski definition) is 4. The summed E-state index contributed by atoms with van der Waals surface area (Å²) in [5, 5.41) is 6.50. The van der Waals surface area contributed by atoms with E-state index in [9.17, 15) is 4.79 Å². The van der Waals surface area contributed by atoms with Crippen molar-refractivity contribution in [1.29, 1.82) is 0 Å². The van der Waals surface area contributed by atoms with Crippen molar-refractivity contribution in [1.82, 2.24) is 10.6 Å². The molecule has 0 spiro atoms. The van der Waals surface area contributed by atoms with Crippen molar-refractivity contribution in [2.45, 2.75) is 57.5 Å². The minimum atomic E-state index is -0.634. The third-order valence-corrected chi connectivity index (χ3v) is 5.48. The largest absolute Gasteiger partial charge is 0.382 e. The summed E-state index contributed by atoms with van der Waals surface area (Å²) in [7, 11) is 1.66. The predicted octanol–water partition coefficient (Wildman–Crippen LogP) is 1.86. The molecule has 2 aliphatic rings. The Bertz CT molecular complexity index is 348. The van der Waals surface area contributed by atoms with E-state index in [1.54, 1.807) is 7.11 Å². The van der Waals surface area contributed by atoms with Gasteiger partial charge >= 0.3 is 0 Å². The zero-order valence-electron chi connectivity index (χ0n) is 14.2. The van der Waals surface area contributed by atoms with Crippen LogP contribution in [0.3, 0.4) is 0 Å². The van der Waals surface area contributed by atoms with Crippen LogP contribution >= 0.6 is 0 Å². The van der Waals surface area contributed by atoms with Gasteiger partial charge in [-0.15, -0.1) is 0 Å². The highest BCUT2D eigenvalue weighted by Gasteiger charge is 2.41. The number of piperidine rings is 1. The third-order valence-electron chi connectivity index (χ3n) is 5.48. The van der Waals surface area contributed by atoms with Gasteiger partial charge in [-0.3, -0.25) is 4.79 Å². The Balaban J connectivity index is 1.89. The second-order valence-corrected chi connectivity index (χ2v) is 6.79. The normalized spacial score (nSPS) is 23.4. The molecule has 0 unspecified atom stereocenters. The number of rotatable bonds is 8. The van der Waals surface area contributed by atoms with Gasteiger partial charge in [-0.05, 0) is 57.5 Å². The Morgan fingerprint density at radius 1 is 1.18 bits per heavy atom. The highest BCUT2D eigenvalue weighted by atomic mass is 16.5. The molecule has 0 radical (unpaired) electrons. The smallest absolute Gasteiger partial charge is 0.252 e. The zero-order chi connectivity index (χ0) is 15.9. The first-order valence-electron chi connectivity index (χ1n) is 8.78. The van der Waals surface area contributed by atoms with Crippen molar-refractivity contribution in [3.8, 4) is 0 Å². The first-order valence-corrected chi connectivity index (χ1v) is 8.78. The van der Waals surface area contributed by atoms with E-state index < -0.39 is 5.60 Å². The van der Waals surface area contributed by atoms with Crippen LogP contribution < -0.4 is 10.6 Å². The fourth-order valence-corrected chi connectivity index (χ4v) is 3.86. The molecular formula is C17H32N2O3. The first kappa shape index (κ1) is 17.7. The van der Waals surface area contributed by atoms with Crippen LogP contribution in [0.5, 0.6) is 0 Å². The summed E-state index contributed by atoms with van der Waals surface area (Å²) >= 11 is 0. The van der Waals surface area contributed by atoms with Crippen LogP contribution in [0, 0.1) is 5.41 Å². The Labute approximate surface area is 134 Å². The SMILES string of the molecule is CCOCCC1(CNC(=O)C2(OC)CCNCC2)CCCC1. The number of methoxy groups -OCH3 is 1. The van der Waals surface area contributed by atoms with E-state index in [1.807, 2.05) is 6.92 Å². The number of carbonyl (C=O) groups is 1. The molecule has 22 heavy (non-hydrogen) atoms. The van der Waals surface area contributed by atoms with E-state index in [4.69, 9.17) is 9.47 Å². The zero-order valence-corrected chi connectivity index (χ0v) is 14.2. The van der Waals surface area contributed by atoms with Gasteiger partial charge in [0.15, 0.2) is 0 Å². The summed E-state index contributed by atoms with van der Waals surface area (Å²) in [6, 6.07) is 0. The molecule has 1 saturated heterocycles. The molecule has 1 aliphatic heterocycles. The summed E-state index contributed by atoms with van der Waals surface area (Å²) in [6.45, 7) is 6.04. The molecule has 1 aliphatic carbocycles. The van der Waals surface area contributed by atoms with Crippen molar-refractivity contribution in [3.63, 3.8) is 0 Å². The number of amides is 1. The van der Waals surface area contributed by atoms with Gasteiger partial charge in [0.1, 0.15) is 5.60 Å². The summed E-state index contributed by atoms with van der Waals surface area (Å²) < 4.78 is 11.1. The van der Waals surface area contributed by atoms with Gasteiger partial charge in [0.2, 0.25) is 0 Å². The number of nitrogens with one attached hydrogen (secondary N) is 2. The molecular weight excluding hydrogens is 280 g/mol. The molecule has 2 rings (SSSR count). The van der Waals surface area contributed by atoms with Gasteiger partial charge in [-0.25, -0.2) is 0 Å². The van der Waals surface area contributed by atoms with Gasteiger partial charge in [0.05, 0.1) is 0 Å². The molecule has 2 N–H and O–H groups in total. The molecule has 0 aromatic heterocycles. The average Bonchev–Trinajstić information content (AvgIpc) is 3.02. The molecule has 5 nitrogen and oxygen atoms in total. The fraction of sp³-hybridized carbons (Fsp3) is 0.941. The lowest BCUT2D eigenvalue weighted by Crippen LogP contribution is -2.55. The number of ether oxygens (including phenoxy) is 2. The molecule has 2 fully saturated rings. The standard InChI is InChI=1S/C17H32N2O3/c1-3-22-13-10-16(6-4-5-7-16)14-19-15(20)17(21-2)8-11-18-12-9-17/h18H,3-14H2,1-2H3,(H,19,20). The lowest BCUT2D eigenvalue weighted by atomic mass is 9.82. The third kappa shape index (κ3) is 4.21. The van der Waals surface area contributed by atoms with Crippen LogP contribution in [0.1, 0.15) is 51.9 Å². The Morgan fingerprint density at radius 3 is 2.45 bits per heavy atom. The summed E-state index contributed by atoms with van der Waals surface area (Å²) in [5.41, 5.74) is -0.405. The van der Waals surface area contributed by atoms with Gasteiger partial charge < -0.3 is 20.1 Å². The molecule has 5 heteroatoms. The fourth-order valence-electron chi connectivity index (χ4n) is 3.86. The van der Waals surface area contributed by atoms with E-state index in [0.29, 0.717) is 0 Å². The number of hydrogen-bond donors (Lipinski definition) is 2. The first-order chi connectivity index (χ1) is 10.7. The van der Waals surface area contributed by atoms with Crippen molar-refractivity contribution in [2.75, 3.05) is 40.0 Å². The lowest BCUT2D eigenvalue weighted by Gasteiger charge is -2.37. The molecule has 0 aromatic carbocycles. The minimum absolute atomic E-state index is 0.0687. The second-order valence-electron chi connectivity index (χ2n) is 6.79. The Kier molecular flexibility index (Phi) is 6.66. The van der Waals surface area contributed by atoms with Crippen LogP contribution in [0.4, 0.5) is 0 Å². The topological polar surface area (TPSA) is 59.6 Å². The van der Waals surface area contributed by atoms with Crippen molar-refractivity contribution < 1.29 is 14.3 Å². The van der Waals surface area contributed by atoms with E-state index in [0.717, 1.165) is 52.1 Å². The second kappa shape index (κ2) is 8.27. The maximum absolute atomic E-state index is 12.7. The lowest BCUT2D eigenvalue weighted by molar-refractivity contribution is -0.147. The van der Waals surface area contributed by atoms with Crippen LogP contribution in [0.25, 0.3) is 0 Å². The van der Waals surface area contributed by atoms with E-state index >= 15 is 0 Å². The van der Waals surface area contributed by atoms with Crippen molar-refractivity contribution in [3.05, 3.63) is 0 Å². The Hall–Kier alpha value is -0.650. The molecule has 1 amide bonds. The average molecular weight is 312 g/mol. The predicted molar refractivity (Wildman–Crippen MR) is 86.9 cm³/mol. The molecule has 1 saturated carbocycles. The summed E-state index contributed by atoms with van der Waals surface area (Å²) in [6.07, 6.45) is 7.47. The Morgan fingerprint density at radius 2 is 1.86 bits per heavy atom. The van der Waals surface area contributed by atoms with E-state index in [1.165, 1.54) is 25.7 Å². The van der Waals surface area contributed by atoms with Crippen LogP contribution in [-0.2, 0) is 14.3 Å². The molecule has 0 bridgehead atoms. The van der Waals surface area contributed by atoms with E-state index in [2.05, 4.69) is 10.6 Å². The quantitative estimate of drug-likeness (QED) is 0.672. The van der Waals surface area contributed by atoms with Crippen molar-refractivity contribution >= 4 is 5.91 Å². The van der Waals surface area contributed by atoms with Gasteiger partial charge in [-0.2, -0.15) is 0 Å². The molecule has 0 atom stereocenters. The summed E-state index contributed by atoms with van der Waals surface area (Å²) in [4.78, 5) is 12.7. The minimum Gasteiger partial charge on any atom is -0.382 e.